The number of fused-ring (bicyclic) bond motifs is 1. The van der Waals surface area contributed by atoms with Crippen LogP contribution in [0.4, 0.5) is 11.6 Å². The van der Waals surface area contributed by atoms with Crippen LogP contribution in [0.25, 0.3) is 0 Å². The summed E-state index contributed by atoms with van der Waals surface area (Å²) in [6, 6.07) is 10.4. The van der Waals surface area contributed by atoms with Gasteiger partial charge in [0, 0.05) is 25.7 Å². The summed E-state index contributed by atoms with van der Waals surface area (Å²) in [6.45, 7) is 2.03. The zero-order chi connectivity index (χ0) is 18.9. The summed E-state index contributed by atoms with van der Waals surface area (Å²) in [6.07, 6.45) is 10.6. The molecule has 0 amide bonds. The third-order valence-electron chi connectivity index (χ3n) is 6.59. The first-order chi connectivity index (χ1) is 13.8. The lowest BCUT2D eigenvalue weighted by Crippen LogP contribution is -2.39. The first-order valence-corrected chi connectivity index (χ1v) is 10.8. The summed E-state index contributed by atoms with van der Waals surface area (Å²) < 4.78 is 0. The molecule has 1 atom stereocenters. The number of nitrogens with zero attached hydrogens (tertiary/aromatic N) is 4. The fraction of sp³-hybridized carbons (Fsp3) is 0.522. The Balaban J connectivity index is 1.56. The molecule has 1 unspecified atom stereocenters. The summed E-state index contributed by atoms with van der Waals surface area (Å²) in [5.41, 5.74) is 3.27. The van der Waals surface area contributed by atoms with Crippen LogP contribution in [0.5, 0.6) is 0 Å². The van der Waals surface area contributed by atoms with Crippen LogP contribution in [0.2, 0.25) is 0 Å². The second kappa shape index (κ2) is 7.63. The molecule has 1 aromatic heterocycles. The van der Waals surface area contributed by atoms with Crippen molar-refractivity contribution in [1.29, 1.82) is 0 Å². The lowest BCUT2D eigenvalue weighted by molar-refractivity contribution is -0.122. The highest BCUT2D eigenvalue weighted by molar-refractivity contribution is 5.88. The topological polar surface area (TPSA) is 49.3 Å². The number of aromatic nitrogens is 2. The number of carbonyl (C=O) groups excluding carboxylic acids is 1. The summed E-state index contributed by atoms with van der Waals surface area (Å²) in [5.74, 6) is 1.54. The molecule has 2 aromatic rings. The zero-order valence-electron chi connectivity index (χ0n) is 16.4. The molecular weight excluding hydrogens is 348 g/mol. The number of anilines is 2. The average molecular weight is 377 g/mol. The molecule has 1 aromatic carbocycles. The number of carbonyl (C=O) groups is 1. The van der Waals surface area contributed by atoms with Crippen LogP contribution in [0.1, 0.15) is 62.1 Å². The maximum atomic E-state index is 12.9. The predicted octanol–water partition coefficient (Wildman–Crippen LogP) is 4.41. The molecular formula is C23H28N4O. The first-order valence-electron chi connectivity index (χ1n) is 10.8. The molecule has 1 saturated heterocycles. The second-order valence-electron chi connectivity index (χ2n) is 8.38. The monoisotopic (exact) mass is 376 g/mol. The molecule has 0 radical (unpaired) electrons. The highest BCUT2D eigenvalue weighted by atomic mass is 16.1. The molecule has 2 fully saturated rings. The summed E-state index contributed by atoms with van der Waals surface area (Å²) in [5, 5.41) is 4.50. The SMILES string of the molecule is O=C1CCc2cnc(N(c3ccccc3)N3CCCC3)nc2C1C1CCCC1. The summed E-state index contributed by atoms with van der Waals surface area (Å²) in [7, 11) is 0. The van der Waals surface area contributed by atoms with Gasteiger partial charge in [0.2, 0.25) is 5.95 Å². The third kappa shape index (κ3) is 3.22. The van der Waals surface area contributed by atoms with Gasteiger partial charge in [-0.25, -0.2) is 20.0 Å². The minimum absolute atomic E-state index is 0.0239. The Labute approximate surface area is 166 Å². The number of para-hydroxylation sites is 1. The van der Waals surface area contributed by atoms with Gasteiger partial charge < -0.3 is 0 Å². The van der Waals surface area contributed by atoms with Crippen molar-refractivity contribution < 1.29 is 4.79 Å². The quantitative estimate of drug-likeness (QED) is 0.791. The van der Waals surface area contributed by atoms with Gasteiger partial charge in [0.15, 0.2) is 0 Å². The Morgan fingerprint density at radius 3 is 2.46 bits per heavy atom. The molecule has 1 saturated carbocycles. The maximum absolute atomic E-state index is 12.9. The Kier molecular flexibility index (Phi) is 4.85. The van der Waals surface area contributed by atoms with E-state index in [0.717, 1.165) is 43.7 Å². The molecule has 1 aliphatic heterocycles. The Bertz CT molecular complexity index is 841. The van der Waals surface area contributed by atoms with Crippen molar-refractivity contribution in [3.63, 3.8) is 0 Å². The second-order valence-corrected chi connectivity index (χ2v) is 8.38. The number of hydrogen-bond acceptors (Lipinski definition) is 5. The maximum Gasteiger partial charge on any atom is 0.245 e. The molecule has 0 N–H and O–H groups in total. The highest BCUT2D eigenvalue weighted by Gasteiger charge is 2.37. The molecule has 146 valence electrons. The van der Waals surface area contributed by atoms with Crippen molar-refractivity contribution in [2.45, 2.75) is 57.3 Å². The van der Waals surface area contributed by atoms with Crippen LogP contribution in [-0.2, 0) is 11.2 Å². The van der Waals surface area contributed by atoms with E-state index in [-0.39, 0.29) is 5.92 Å². The number of Topliss-reactive ketones (excluding diaryl/α,β-unsaturated/α-hetero) is 1. The molecule has 5 nitrogen and oxygen atoms in total. The van der Waals surface area contributed by atoms with Gasteiger partial charge in [0.1, 0.15) is 5.78 Å². The van der Waals surface area contributed by atoms with E-state index < -0.39 is 0 Å². The molecule has 5 rings (SSSR count). The number of hydrogen-bond donors (Lipinski definition) is 0. The van der Waals surface area contributed by atoms with Crippen molar-refractivity contribution in [3.05, 3.63) is 47.8 Å². The summed E-state index contributed by atoms with van der Waals surface area (Å²) in [4.78, 5) is 22.7. The van der Waals surface area contributed by atoms with E-state index in [1.54, 1.807) is 0 Å². The van der Waals surface area contributed by atoms with Gasteiger partial charge in [-0.1, -0.05) is 31.0 Å². The summed E-state index contributed by atoms with van der Waals surface area (Å²) >= 11 is 0. The first kappa shape index (κ1) is 17.8. The Hall–Kier alpha value is -2.27. The zero-order valence-corrected chi connectivity index (χ0v) is 16.4. The number of aryl methyl sites for hydroxylation is 1. The molecule has 5 heteroatoms. The van der Waals surface area contributed by atoms with Gasteiger partial charge in [-0.2, -0.15) is 0 Å². The minimum Gasteiger partial charge on any atom is -0.299 e. The van der Waals surface area contributed by atoms with Crippen LogP contribution in [0.3, 0.4) is 0 Å². The smallest absolute Gasteiger partial charge is 0.245 e. The molecule has 2 aliphatic carbocycles. The third-order valence-corrected chi connectivity index (χ3v) is 6.59. The lowest BCUT2D eigenvalue weighted by atomic mass is 9.77. The minimum atomic E-state index is -0.0239. The average Bonchev–Trinajstić information content (AvgIpc) is 3.43. The van der Waals surface area contributed by atoms with Gasteiger partial charge in [0.05, 0.1) is 17.3 Å². The van der Waals surface area contributed by atoms with Crippen molar-refractivity contribution in [2.24, 2.45) is 5.92 Å². The fourth-order valence-electron chi connectivity index (χ4n) is 5.19. The predicted molar refractivity (Wildman–Crippen MR) is 109 cm³/mol. The van der Waals surface area contributed by atoms with Gasteiger partial charge in [0.25, 0.3) is 0 Å². The largest absolute Gasteiger partial charge is 0.299 e. The van der Waals surface area contributed by atoms with E-state index in [1.807, 2.05) is 12.3 Å². The van der Waals surface area contributed by atoms with Crippen molar-refractivity contribution >= 4 is 17.4 Å². The fourth-order valence-corrected chi connectivity index (χ4v) is 5.19. The standard InChI is InChI=1S/C23H28N4O/c28-20-13-12-18-16-24-23(25-22(18)21(20)17-8-4-5-9-17)27(26-14-6-7-15-26)19-10-2-1-3-11-19/h1-3,10-11,16-17,21H,4-9,12-15H2. The van der Waals surface area contributed by atoms with E-state index in [9.17, 15) is 4.79 Å². The molecule has 2 heterocycles. The number of rotatable bonds is 4. The van der Waals surface area contributed by atoms with Gasteiger partial charge >= 0.3 is 0 Å². The molecule has 0 bridgehead atoms. The van der Waals surface area contributed by atoms with Crippen molar-refractivity contribution in [3.8, 4) is 0 Å². The molecule has 3 aliphatic rings. The van der Waals surface area contributed by atoms with Crippen LogP contribution in [-0.4, -0.2) is 33.8 Å². The van der Waals surface area contributed by atoms with E-state index in [0.29, 0.717) is 24.1 Å². The van der Waals surface area contributed by atoms with Crippen LogP contribution in [0.15, 0.2) is 36.5 Å². The number of hydrazine groups is 1. The Morgan fingerprint density at radius 1 is 0.964 bits per heavy atom. The lowest BCUT2D eigenvalue weighted by Gasteiger charge is -2.33. The number of ketones is 1. The van der Waals surface area contributed by atoms with Crippen LogP contribution in [0, 0.1) is 5.92 Å². The Morgan fingerprint density at radius 2 is 1.71 bits per heavy atom. The normalized spacial score (nSPS) is 23.1. The van der Waals surface area contributed by atoms with E-state index in [1.165, 1.54) is 31.2 Å². The molecule has 0 spiro atoms. The van der Waals surface area contributed by atoms with Gasteiger partial charge in [-0.05, 0) is 55.7 Å². The number of benzene rings is 1. The van der Waals surface area contributed by atoms with Crippen molar-refractivity contribution in [1.82, 2.24) is 15.0 Å². The van der Waals surface area contributed by atoms with E-state index in [4.69, 9.17) is 9.97 Å². The van der Waals surface area contributed by atoms with Gasteiger partial charge in [-0.3, -0.25) is 4.79 Å². The highest BCUT2D eigenvalue weighted by Crippen LogP contribution is 2.42. The van der Waals surface area contributed by atoms with Crippen LogP contribution < -0.4 is 5.01 Å². The van der Waals surface area contributed by atoms with Crippen molar-refractivity contribution in [2.75, 3.05) is 18.1 Å². The van der Waals surface area contributed by atoms with Gasteiger partial charge in [-0.15, -0.1) is 0 Å². The van der Waals surface area contributed by atoms with Crippen LogP contribution >= 0.6 is 0 Å². The molecule has 28 heavy (non-hydrogen) atoms. The van der Waals surface area contributed by atoms with E-state index >= 15 is 0 Å². The van der Waals surface area contributed by atoms with E-state index in [2.05, 4.69) is 34.3 Å².